The Morgan fingerprint density at radius 1 is 1.00 bits per heavy atom. The zero-order valence-corrected chi connectivity index (χ0v) is 10.7. The van der Waals surface area contributed by atoms with E-state index in [-0.39, 0.29) is 5.97 Å². The summed E-state index contributed by atoms with van der Waals surface area (Å²) in [5.74, 6) is 0.557. The second-order valence-corrected chi connectivity index (χ2v) is 5.55. The molecule has 2 fully saturated rings. The normalized spacial score (nSPS) is 22.8. The number of carbonyl (C=O) groups is 1. The average molecular weight is 239 g/mol. The van der Waals surface area contributed by atoms with Crippen molar-refractivity contribution in [2.24, 2.45) is 5.92 Å². The Bertz CT molecular complexity index is 230. The molecule has 0 bridgehead atoms. The Kier molecular flexibility index (Phi) is 5.30. The Morgan fingerprint density at radius 3 is 2.35 bits per heavy atom. The molecule has 17 heavy (non-hydrogen) atoms. The fourth-order valence-electron chi connectivity index (χ4n) is 2.97. The molecule has 3 nitrogen and oxygen atoms in total. The van der Waals surface area contributed by atoms with Gasteiger partial charge in [0, 0.05) is 6.04 Å². The van der Waals surface area contributed by atoms with Crippen LogP contribution in [0.1, 0.15) is 57.8 Å². The van der Waals surface area contributed by atoms with Gasteiger partial charge in [0.15, 0.2) is 0 Å². The molecule has 0 atom stereocenters. The summed E-state index contributed by atoms with van der Waals surface area (Å²) in [6.07, 6.45) is 11.5. The van der Waals surface area contributed by atoms with Gasteiger partial charge in [-0.2, -0.15) is 0 Å². The molecule has 2 saturated carbocycles. The van der Waals surface area contributed by atoms with E-state index >= 15 is 0 Å². The third kappa shape index (κ3) is 4.66. The van der Waals surface area contributed by atoms with Crippen LogP contribution in [0, 0.1) is 5.92 Å². The van der Waals surface area contributed by atoms with Crippen molar-refractivity contribution in [2.75, 3.05) is 13.2 Å². The maximum Gasteiger partial charge on any atom is 0.319 e. The number of nitrogens with one attached hydrogen (secondary N) is 1. The summed E-state index contributed by atoms with van der Waals surface area (Å²) < 4.78 is 5.34. The average Bonchev–Trinajstić information content (AvgIpc) is 2.88. The minimum atomic E-state index is -0.0672. The number of rotatable bonds is 5. The molecule has 0 aliphatic heterocycles. The fourth-order valence-corrected chi connectivity index (χ4v) is 2.97. The number of ether oxygens (including phenoxy) is 1. The van der Waals surface area contributed by atoms with Crippen molar-refractivity contribution in [1.29, 1.82) is 0 Å². The van der Waals surface area contributed by atoms with E-state index in [1.165, 1.54) is 57.8 Å². The van der Waals surface area contributed by atoms with Crippen molar-refractivity contribution in [3.8, 4) is 0 Å². The quantitative estimate of drug-likeness (QED) is 0.750. The van der Waals surface area contributed by atoms with Gasteiger partial charge in [0.25, 0.3) is 0 Å². The van der Waals surface area contributed by atoms with E-state index in [9.17, 15) is 4.79 Å². The lowest BCUT2D eigenvalue weighted by molar-refractivity contribution is -0.144. The second-order valence-electron chi connectivity index (χ2n) is 5.55. The third-order valence-electron chi connectivity index (χ3n) is 4.10. The summed E-state index contributed by atoms with van der Waals surface area (Å²) in [7, 11) is 0. The van der Waals surface area contributed by atoms with Crippen LogP contribution in [0.15, 0.2) is 0 Å². The third-order valence-corrected chi connectivity index (χ3v) is 4.10. The SMILES string of the molecule is O=C(CNC1CCCC1)OCC1CCCCC1. The molecule has 98 valence electrons. The lowest BCUT2D eigenvalue weighted by Crippen LogP contribution is -2.33. The molecular weight excluding hydrogens is 214 g/mol. The van der Waals surface area contributed by atoms with Gasteiger partial charge < -0.3 is 10.1 Å². The van der Waals surface area contributed by atoms with Crippen LogP contribution in [0.5, 0.6) is 0 Å². The molecule has 3 heteroatoms. The molecule has 0 radical (unpaired) electrons. The molecule has 0 heterocycles. The summed E-state index contributed by atoms with van der Waals surface area (Å²) in [6, 6.07) is 0.553. The van der Waals surface area contributed by atoms with Crippen LogP contribution < -0.4 is 5.32 Å². The molecule has 0 aromatic carbocycles. The Hall–Kier alpha value is -0.570. The second kappa shape index (κ2) is 7.00. The summed E-state index contributed by atoms with van der Waals surface area (Å²) in [5.41, 5.74) is 0. The van der Waals surface area contributed by atoms with Crippen LogP contribution in [0.3, 0.4) is 0 Å². The summed E-state index contributed by atoms with van der Waals surface area (Å²) in [5, 5.41) is 3.29. The largest absolute Gasteiger partial charge is 0.464 e. The summed E-state index contributed by atoms with van der Waals surface area (Å²) in [4.78, 5) is 11.6. The van der Waals surface area contributed by atoms with Crippen LogP contribution in [-0.2, 0) is 9.53 Å². The van der Waals surface area contributed by atoms with E-state index in [4.69, 9.17) is 4.74 Å². The van der Waals surface area contributed by atoms with Gasteiger partial charge in [-0.15, -0.1) is 0 Å². The van der Waals surface area contributed by atoms with E-state index < -0.39 is 0 Å². The standard InChI is InChI=1S/C14H25NO2/c16-14(10-15-13-8-4-5-9-13)17-11-12-6-2-1-3-7-12/h12-13,15H,1-11H2. The van der Waals surface area contributed by atoms with Crippen molar-refractivity contribution in [3.05, 3.63) is 0 Å². The van der Waals surface area contributed by atoms with Crippen molar-refractivity contribution >= 4 is 5.97 Å². The first-order chi connectivity index (χ1) is 8.34. The lowest BCUT2D eigenvalue weighted by atomic mass is 9.90. The van der Waals surface area contributed by atoms with Crippen LogP contribution in [0.4, 0.5) is 0 Å². The monoisotopic (exact) mass is 239 g/mol. The predicted octanol–water partition coefficient (Wildman–Crippen LogP) is 2.64. The lowest BCUT2D eigenvalue weighted by Gasteiger charge is -2.21. The molecule has 1 N–H and O–H groups in total. The van der Waals surface area contributed by atoms with Crippen LogP contribution in [0.2, 0.25) is 0 Å². The Balaban J connectivity index is 1.53. The highest BCUT2D eigenvalue weighted by atomic mass is 16.5. The zero-order chi connectivity index (χ0) is 11.9. The predicted molar refractivity (Wildman–Crippen MR) is 67.8 cm³/mol. The van der Waals surface area contributed by atoms with E-state index in [1.807, 2.05) is 0 Å². The molecule has 2 aliphatic rings. The summed E-state index contributed by atoms with van der Waals surface area (Å²) >= 11 is 0. The van der Waals surface area contributed by atoms with E-state index in [2.05, 4.69) is 5.32 Å². The highest BCUT2D eigenvalue weighted by molar-refractivity contribution is 5.71. The first kappa shape index (κ1) is 12.9. The first-order valence-corrected chi connectivity index (χ1v) is 7.23. The van der Waals surface area contributed by atoms with Gasteiger partial charge in [0.2, 0.25) is 0 Å². The minimum absolute atomic E-state index is 0.0672. The maximum absolute atomic E-state index is 11.6. The Morgan fingerprint density at radius 2 is 1.65 bits per heavy atom. The minimum Gasteiger partial charge on any atom is -0.464 e. The summed E-state index contributed by atoms with van der Waals surface area (Å²) in [6.45, 7) is 1.04. The molecule has 0 saturated heterocycles. The van der Waals surface area contributed by atoms with Crippen LogP contribution in [-0.4, -0.2) is 25.2 Å². The van der Waals surface area contributed by atoms with Gasteiger partial charge in [-0.1, -0.05) is 32.1 Å². The highest BCUT2D eigenvalue weighted by Crippen LogP contribution is 2.23. The molecular formula is C14H25NO2. The molecule has 0 unspecified atom stereocenters. The van der Waals surface area contributed by atoms with Crippen molar-refractivity contribution in [1.82, 2.24) is 5.32 Å². The van der Waals surface area contributed by atoms with Gasteiger partial charge in [0.1, 0.15) is 0 Å². The van der Waals surface area contributed by atoms with Gasteiger partial charge >= 0.3 is 5.97 Å². The van der Waals surface area contributed by atoms with Crippen LogP contribution >= 0.6 is 0 Å². The number of hydrogen-bond acceptors (Lipinski definition) is 3. The Labute approximate surface area is 104 Å². The molecule has 0 amide bonds. The highest BCUT2D eigenvalue weighted by Gasteiger charge is 2.17. The number of esters is 1. The van der Waals surface area contributed by atoms with Gasteiger partial charge in [-0.3, -0.25) is 4.79 Å². The molecule has 0 spiro atoms. The van der Waals surface area contributed by atoms with E-state index in [0.29, 0.717) is 25.1 Å². The van der Waals surface area contributed by atoms with Gasteiger partial charge in [-0.25, -0.2) is 0 Å². The zero-order valence-electron chi connectivity index (χ0n) is 10.7. The van der Waals surface area contributed by atoms with Crippen LogP contribution in [0.25, 0.3) is 0 Å². The van der Waals surface area contributed by atoms with E-state index in [1.54, 1.807) is 0 Å². The fraction of sp³-hybridized carbons (Fsp3) is 0.929. The molecule has 0 aromatic heterocycles. The van der Waals surface area contributed by atoms with E-state index in [0.717, 1.165) is 0 Å². The number of carbonyl (C=O) groups excluding carboxylic acids is 1. The van der Waals surface area contributed by atoms with Crippen molar-refractivity contribution in [3.63, 3.8) is 0 Å². The molecule has 2 aliphatic carbocycles. The van der Waals surface area contributed by atoms with Gasteiger partial charge in [0.05, 0.1) is 13.2 Å². The smallest absolute Gasteiger partial charge is 0.319 e. The first-order valence-electron chi connectivity index (χ1n) is 7.23. The van der Waals surface area contributed by atoms with Crippen molar-refractivity contribution < 1.29 is 9.53 Å². The van der Waals surface area contributed by atoms with Gasteiger partial charge in [-0.05, 0) is 31.6 Å². The van der Waals surface area contributed by atoms with Crippen molar-refractivity contribution in [2.45, 2.75) is 63.8 Å². The number of hydrogen-bond donors (Lipinski definition) is 1. The maximum atomic E-state index is 11.6. The molecule has 0 aromatic rings. The topological polar surface area (TPSA) is 38.3 Å². The molecule has 2 rings (SSSR count).